The van der Waals surface area contributed by atoms with E-state index in [4.69, 9.17) is 16.3 Å². The first-order valence-electron chi connectivity index (χ1n) is 11.1. The lowest BCUT2D eigenvalue weighted by Crippen LogP contribution is -2.23. The molecule has 0 atom stereocenters. The molecule has 0 aliphatic heterocycles. The van der Waals surface area contributed by atoms with E-state index < -0.39 is 0 Å². The molecule has 2 aromatic heterocycles. The number of aromatic amines is 1. The van der Waals surface area contributed by atoms with Gasteiger partial charge < -0.3 is 9.72 Å². The van der Waals surface area contributed by atoms with Crippen molar-refractivity contribution < 1.29 is 4.74 Å². The smallest absolute Gasteiger partial charge is 0.296 e. The summed E-state index contributed by atoms with van der Waals surface area (Å²) in [4.78, 5) is 12.3. The molecule has 0 aromatic carbocycles. The number of pyridine rings is 1. The summed E-state index contributed by atoms with van der Waals surface area (Å²) in [6.45, 7) is 10.4. The normalized spacial score (nSPS) is 20.8. The van der Waals surface area contributed by atoms with E-state index in [-0.39, 0.29) is 6.10 Å². The largest absolute Gasteiger partial charge is 0.461 e. The van der Waals surface area contributed by atoms with Crippen molar-refractivity contribution in [2.45, 2.75) is 59.0 Å². The summed E-state index contributed by atoms with van der Waals surface area (Å²) >= 11 is 6.46. The number of allylic oxidation sites excluding steroid dienone is 8. The average Bonchev–Trinajstić information content (AvgIpc) is 3.15. The number of H-pyrrole nitrogens is 1. The zero-order valence-electron chi connectivity index (χ0n) is 18.7. The maximum absolute atomic E-state index is 6.46. The highest BCUT2D eigenvalue weighted by Gasteiger charge is 2.21. The van der Waals surface area contributed by atoms with E-state index in [1.54, 1.807) is 0 Å². The molecule has 0 bridgehead atoms. The molecule has 1 N–H and O–H groups in total. The molecule has 0 radical (unpaired) electrons. The number of hydrogen-bond donors (Lipinski definition) is 1. The van der Waals surface area contributed by atoms with Crippen LogP contribution < -0.4 is 4.74 Å². The van der Waals surface area contributed by atoms with Gasteiger partial charge in [0, 0.05) is 0 Å². The highest BCUT2D eigenvalue weighted by molar-refractivity contribution is 6.32. The van der Waals surface area contributed by atoms with E-state index in [2.05, 4.69) is 53.6 Å². The number of ether oxygens (including phenoxy) is 1. The Labute approximate surface area is 190 Å². The minimum absolute atomic E-state index is 0.219. The summed E-state index contributed by atoms with van der Waals surface area (Å²) in [5.74, 6) is 0.785. The van der Waals surface area contributed by atoms with Gasteiger partial charge in [-0.15, -0.1) is 0 Å². The topological polar surface area (TPSA) is 50.8 Å². The van der Waals surface area contributed by atoms with Crippen molar-refractivity contribution in [2.24, 2.45) is 5.92 Å². The van der Waals surface area contributed by atoms with Crippen molar-refractivity contribution >= 4 is 28.8 Å². The number of fused-ring (bicyclic) bond motifs is 1. The van der Waals surface area contributed by atoms with Crippen LogP contribution >= 0.6 is 11.6 Å². The number of aromatic nitrogens is 3. The summed E-state index contributed by atoms with van der Waals surface area (Å²) in [5.41, 5.74) is 4.23. The van der Waals surface area contributed by atoms with E-state index in [1.165, 1.54) is 12.8 Å². The number of rotatable bonds is 8. The van der Waals surface area contributed by atoms with Crippen LogP contribution in [0.3, 0.4) is 0 Å². The Morgan fingerprint density at radius 1 is 1.26 bits per heavy atom. The fraction of sp³-hybridized carbons (Fsp3) is 0.385. The van der Waals surface area contributed by atoms with Crippen molar-refractivity contribution in [3.63, 3.8) is 0 Å². The van der Waals surface area contributed by atoms with Crippen molar-refractivity contribution in [3.8, 4) is 6.01 Å². The first-order valence-corrected chi connectivity index (χ1v) is 11.5. The van der Waals surface area contributed by atoms with Crippen molar-refractivity contribution in [3.05, 3.63) is 71.0 Å². The standard InChI is InChI=1S/C26H32ClN3O/c1-5-8-10-19(6-2)20(7-3)11-9-12-23-22(27)17-24-25(28-23)30-26(29-24)31-21-15-13-18(4)14-16-21/h6-12,17-18,21H,3,5,13-16H2,1-2,4H3,(H,28,29,30)/b10-8-,12-9+,19-6+,20-11+. The first-order chi connectivity index (χ1) is 15.0. The number of nitrogens with one attached hydrogen (secondary N) is 1. The summed E-state index contributed by atoms with van der Waals surface area (Å²) in [6.07, 6.45) is 19.7. The first kappa shape index (κ1) is 23.1. The minimum atomic E-state index is 0.219. The van der Waals surface area contributed by atoms with Gasteiger partial charge in [-0.2, -0.15) is 4.98 Å². The molecule has 1 fully saturated rings. The monoisotopic (exact) mass is 437 g/mol. The lowest BCUT2D eigenvalue weighted by molar-refractivity contribution is 0.126. The SMILES string of the molecule is C=CC(=C\C=C\c1nc2nc(OC3CCC(C)CC3)[nH]c2cc1Cl)/C(/C=C\CC)=C/C. The minimum Gasteiger partial charge on any atom is -0.461 e. The Morgan fingerprint density at radius 2 is 2.03 bits per heavy atom. The van der Waals surface area contributed by atoms with Gasteiger partial charge in [-0.3, -0.25) is 0 Å². The fourth-order valence-electron chi connectivity index (χ4n) is 3.72. The third-order valence-electron chi connectivity index (χ3n) is 5.60. The van der Waals surface area contributed by atoms with Gasteiger partial charge in [-0.25, -0.2) is 4.98 Å². The van der Waals surface area contributed by atoms with Gasteiger partial charge in [0.25, 0.3) is 6.01 Å². The molecule has 1 aliphatic rings. The van der Waals surface area contributed by atoms with Crippen LogP contribution in [0.5, 0.6) is 6.01 Å². The maximum Gasteiger partial charge on any atom is 0.296 e. The van der Waals surface area contributed by atoms with Crippen LogP contribution in [0, 0.1) is 5.92 Å². The predicted octanol–water partition coefficient (Wildman–Crippen LogP) is 7.61. The van der Waals surface area contributed by atoms with Crippen LogP contribution in [-0.2, 0) is 0 Å². The quantitative estimate of drug-likeness (QED) is 0.432. The number of imidazole rings is 1. The van der Waals surface area contributed by atoms with E-state index in [0.29, 0.717) is 22.4 Å². The van der Waals surface area contributed by atoms with Crippen LogP contribution in [0.1, 0.15) is 58.6 Å². The molecule has 3 rings (SSSR count). The molecule has 0 saturated heterocycles. The molecule has 0 unspecified atom stereocenters. The Balaban J connectivity index is 1.77. The number of halogens is 1. The molecular weight excluding hydrogens is 406 g/mol. The van der Waals surface area contributed by atoms with Crippen LogP contribution in [0.2, 0.25) is 5.02 Å². The zero-order chi connectivity index (χ0) is 22.2. The summed E-state index contributed by atoms with van der Waals surface area (Å²) in [6, 6.07) is 2.37. The summed E-state index contributed by atoms with van der Waals surface area (Å²) < 4.78 is 6.07. The lowest BCUT2D eigenvalue weighted by atomic mass is 9.89. The average molecular weight is 438 g/mol. The molecule has 31 heavy (non-hydrogen) atoms. The molecule has 4 nitrogen and oxygen atoms in total. The van der Waals surface area contributed by atoms with Crippen LogP contribution in [0.4, 0.5) is 0 Å². The number of nitrogens with zero attached hydrogens (tertiary/aromatic N) is 2. The van der Waals surface area contributed by atoms with Crippen molar-refractivity contribution in [2.75, 3.05) is 0 Å². The molecule has 1 saturated carbocycles. The molecule has 2 aromatic rings. The van der Waals surface area contributed by atoms with Gasteiger partial charge in [-0.1, -0.05) is 68.5 Å². The second-order valence-corrected chi connectivity index (χ2v) is 8.42. The van der Waals surface area contributed by atoms with E-state index in [9.17, 15) is 0 Å². The van der Waals surface area contributed by atoms with Crippen LogP contribution in [0.25, 0.3) is 17.2 Å². The zero-order valence-corrected chi connectivity index (χ0v) is 19.5. The molecular formula is C26H32ClN3O. The lowest BCUT2D eigenvalue weighted by Gasteiger charge is -2.25. The fourth-order valence-corrected chi connectivity index (χ4v) is 3.93. The van der Waals surface area contributed by atoms with Crippen molar-refractivity contribution in [1.82, 2.24) is 15.0 Å². The highest BCUT2D eigenvalue weighted by atomic mass is 35.5. The molecule has 0 amide bonds. The van der Waals surface area contributed by atoms with E-state index in [0.717, 1.165) is 41.8 Å². The van der Waals surface area contributed by atoms with Gasteiger partial charge >= 0.3 is 0 Å². The predicted molar refractivity (Wildman–Crippen MR) is 131 cm³/mol. The van der Waals surface area contributed by atoms with Crippen molar-refractivity contribution in [1.29, 1.82) is 0 Å². The second kappa shape index (κ2) is 11.1. The van der Waals surface area contributed by atoms with Gasteiger partial charge in [0.2, 0.25) is 0 Å². The van der Waals surface area contributed by atoms with Crippen LogP contribution in [0.15, 0.2) is 60.2 Å². The highest BCUT2D eigenvalue weighted by Crippen LogP contribution is 2.28. The Bertz CT molecular complexity index is 1020. The summed E-state index contributed by atoms with van der Waals surface area (Å²) in [5, 5.41) is 0.566. The third kappa shape index (κ3) is 6.20. The van der Waals surface area contributed by atoms with Gasteiger partial charge in [0.15, 0.2) is 5.65 Å². The summed E-state index contributed by atoms with van der Waals surface area (Å²) in [7, 11) is 0. The van der Waals surface area contributed by atoms with Crippen LogP contribution in [-0.4, -0.2) is 21.1 Å². The molecule has 0 spiro atoms. The Hall–Kier alpha value is -2.59. The molecule has 164 valence electrons. The van der Waals surface area contributed by atoms with E-state index in [1.807, 2.05) is 37.3 Å². The van der Waals surface area contributed by atoms with Gasteiger partial charge in [0.05, 0.1) is 16.2 Å². The maximum atomic E-state index is 6.46. The van der Waals surface area contributed by atoms with E-state index >= 15 is 0 Å². The number of hydrogen-bond acceptors (Lipinski definition) is 3. The van der Waals surface area contributed by atoms with Gasteiger partial charge in [-0.05, 0) is 68.2 Å². The molecule has 2 heterocycles. The van der Waals surface area contributed by atoms with Gasteiger partial charge in [0.1, 0.15) is 6.10 Å². The Kier molecular flexibility index (Phi) is 8.30. The molecule has 5 heteroatoms. The Morgan fingerprint density at radius 3 is 2.71 bits per heavy atom. The molecule has 1 aliphatic carbocycles. The third-order valence-corrected chi connectivity index (χ3v) is 5.90. The second-order valence-electron chi connectivity index (χ2n) is 8.01.